The first-order valence-corrected chi connectivity index (χ1v) is 14.2. The number of esters is 1. The first kappa shape index (κ1) is 28.7. The summed E-state index contributed by atoms with van der Waals surface area (Å²) >= 11 is 12.5. The molecule has 0 spiro atoms. The molecular formula is C32H29Cl2N3O4. The molecule has 0 bridgehead atoms. The molecule has 0 saturated heterocycles. The molecule has 1 unspecified atom stereocenters. The van der Waals surface area contributed by atoms with E-state index in [0.29, 0.717) is 51.9 Å². The number of carbonyl (C=O) groups excluding carboxylic acids is 3. The van der Waals surface area contributed by atoms with Crippen LogP contribution in [0.2, 0.25) is 10.0 Å². The summed E-state index contributed by atoms with van der Waals surface area (Å²) in [5, 5.41) is 5.72. The van der Waals surface area contributed by atoms with Crippen molar-refractivity contribution in [2.45, 2.75) is 38.8 Å². The van der Waals surface area contributed by atoms with Crippen LogP contribution >= 0.6 is 23.2 Å². The van der Waals surface area contributed by atoms with Crippen molar-refractivity contribution in [3.63, 3.8) is 0 Å². The number of carbonyl (C=O) groups is 3. The summed E-state index contributed by atoms with van der Waals surface area (Å²) in [4.78, 5) is 38.3. The van der Waals surface area contributed by atoms with Gasteiger partial charge in [-0.1, -0.05) is 71.7 Å². The van der Waals surface area contributed by atoms with Gasteiger partial charge in [-0.05, 0) is 60.7 Å². The topological polar surface area (TPSA) is 104 Å². The predicted molar refractivity (Wildman–Crippen MR) is 158 cm³/mol. The van der Waals surface area contributed by atoms with Crippen LogP contribution in [0.15, 0.2) is 72.8 Å². The lowest BCUT2D eigenvalue weighted by atomic mass is 9.97. The van der Waals surface area contributed by atoms with Crippen LogP contribution in [0.4, 0.5) is 0 Å². The second kappa shape index (κ2) is 12.4. The van der Waals surface area contributed by atoms with Crippen molar-refractivity contribution < 1.29 is 19.1 Å². The Balaban J connectivity index is 1.40. The Kier molecular flexibility index (Phi) is 8.68. The second-order valence-corrected chi connectivity index (χ2v) is 11.0. The molecule has 5 rings (SSSR count). The second-order valence-electron chi connectivity index (χ2n) is 10.1. The number of aromatic nitrogens is 2. The Morgan fingerprint density at radius 2 is 1.61 bits per heavy atom. The molecule has 0 amide bonds. The molecule has 2 N–H and O–H groups in total. The van der Waals surface area contributed by atoms with Crippen LogP contribution in [0, 0.1) is 5.92 Å². The maximum atomic E-state index is 13.8. The molecular weight excluding hydrogens is 561 g/mol. The van der Waals surface area contributed by atoms with Crippen LogP contribution in [0.3, 0.4) is 0 Å². The van der Waals surface area contributed by atoms with Gasteiger partial charge in [0.15, 0.2) is 11.6 Å². The third-order valence-corrected chi connectivity index (χ3v) is 7.65. The largest absolute Gasteiger partial charge is 0.466 e. The SMILES string of the molecule is CCOC(=O)CC(N)C(=O)c1ccc(Cn2nc(-c3cc(Cl)cc(Cl)c3)cc2C(=O)C2Cc3ccccc3C2)cc1. The van der Waals surface area contributed by atoms with Gasteiger partial charge in [0.05, 0.1) is 31.3 Å². The highest BCUT2D eigenvalue weighted by Crippen LogP contribution is 2.32. The molecule has 0 saturated carbocycles. The normalized spacial score (nSPS) is 13.6. The number of hydrogen-bond donors (Lipinski definition) is 1. The van der Waals surface area contributed by atoms with E-state index >= 15 is 0 Å². The summed E-state index contributed by atoms with van der Waals surface area (Å²) in [6, 6.07) is 21.0. The van der Waals surface area contributed by atoms with Crippen LogP contribution in [-0.2, 0) is 28.9 Å². The fourth-order valence-electron chi connectivity index (χ4n) is 5.19. The number of fused-ring (bicyclic) bond motifs is 1. The third kappa shape index (κ3) is 6.59. The van der Waals surface area contributed by atoms with E-state index in [1.807, 2.05) is 12.1 Å². The summed E-state index contributed by atoms with van der Waals surface area (Å²) in [6.07, 6.45) is 1.18. The lowest BCUT2D eigenvalue weighted by molar-refractivity contribution is -0.143. The van der Waals surface area contributed by atoms with Gasteiger partial charge in [-0.15, -0.1) is 0 Å². The van der Waals surface area contributed by atoms with E-state index in [1.165, 1.54) is 11.1 Å². The molecule has 1 aromatic heterocycles. The molecule has 1 atom stereocenters. The number of ketones is 2. The van der Waals surface area contributed by atoms with Crippen molar-refractivity contribution in [1.29, 1.82) is 0 Å². The number of rotatable bonds is 10. The van der Waals surface area contributed by atoms with Crippen molar-refractivity contribution in [2.24, 2.45) is 11.7 Å². The monoisotopic (exact) mass is 589 g/mol. The number of nitrogens with two attached hydrogens (primary N) is 1. The number of ether oxygens (including phenoxy) is 1. The smallest absolute Gasteiger partial charge is 0.307 e. The summed E-state index contributed by atoms with van der Waals surface area (Å²) in [6.45, 7) is 2.23. The minimum Gasteiger partial charge on any atom is -0.466 e. The first-order valence-electron chi connectivity index (χ1n) is 13.4. The molecule has 1 aliphatic rings. The molecule has 7 nitrogen and oxygen atoms in total. The third-order valence-electron chi connectivity index (χ3n) is 7.21. The Morgan fingerprint density at radius 3 is 2.22 bits per heavy atom. The highest BCUT2D eigenvalue weighted by atomic mass is 35.5. The molecule has 1 aliphatic carbocycles. The van der Waals surface area contributed by atoms with Gasteiger partial charge < -0.3 is 10.5 Å². The molecule has 210 valence electrons. The molecule has 41 heavy (non-hydrogen) atoms. The molecule has 0 radical (unpaired) electrons. The molecule has 1 heterocycles. The number of nitrogens with zero attached hydrogens (tertiary/aromatic N) is 2. The molecule has 3 aromatic carbocycles. The lowest BCUT2D eigenvalue weighted by Crippen LogP contribution is -2.33. The van der Waals surface area contributed by atoms with Gasteiger partial charge in [0.1, 0.15) is 5.69 Å². The number of benzene rings is 3. The van der Waals surface area contributed by atoms with E-state index < -0.39 is 12.0 Å². The fraction of sp³-hybridized carbons (Fsp3) is 0.250. The number of halogens is 2. The quantitative estimate of drug-likeness (QED) is 0.180. The van der Waals surface area contributed by atoms with Gasteiger partial charge >= 0.3 is 5.97 Å². The maximum absolute atomic E-state index is 13.8. The number of Topliss-reactive ketones (excluding diaryl/α,β-unsaturated/α-hetero) is 2. The van der Waals surface area contributed by atoms with Crippen molar-refractivity contribution in [2.75, 3.05) is 6.61 Å². The van der Waals surface area contributed by atoms with Gasteiger partial charge in [-0.25, -0.2) is 0 Å². The minimum absolute atomic E-state index is 0.0183. The van der Waals surface area contributed by atoms with E-state index in [4.69, 9.17) is 38.8 Å². The summed E-state index contributed by atoms with van der Waals surface area (Å²) in [7, 11) is 0. The minimum atomic E-state index is -0.988. The standard InChI is InChI=1S/C32H29Cl2N3O4/c1-2-41-30(38)16-27(35)31(39)20-9-7-19(8-10-20)18-37-29(17-28(36-37)23-13-25(33)15-26(34)14-23)32(40)24-11-21-5-3-4-6-22(21)12-24/h3-10,13-15,17,24,27H,2,11-12,16,18,35H2,1H3. The van der Waals surface area contributed by atoms with Gasteiger partial charge in [0, 0.05) is 27.1 Å². The van der Waals surface area contributed by atoms with Crippen molar-refractivity contribution >= 4 is 40.7 Å². The van der Waals surface area contributed by atoms with Gasteiger partial charge in [-0.2, -0.15) is 5.10 Å². The van der Waals surface area contributed by atoms with Crippen LogP contribution in [0.5, 0.6) is 0 Å². The van der Waals surface area contributed by atoms with Crippen LogP contribution in [0.1, 0.15) is 50.9 Å². The first-order chi connectivity index (χ1) is 19.7. The molecule has 0 aliphatic heterocycles. The van der Waals surface area contributed by atoms with E-state index in [2.05, 4.69) is 12.1 Å². The highest BCUT2D eigenvalue weighted by molar-refractivity contribution is 6.35. The van der Waals surface area contributed by atoms with Gasteiger partial charge in [0.25, 0.3) is 0 Å². The average molecular weight is 591 g/mol. The molecule has 0 fully saturated rings. The van der Waals surface area contributed by atoms with Crippen LogP contribution < -0.4 is 5.73 Å². The average Bonchev–Trinajstić information content (AvgIpc) is 3.57. The molecule has 4 aromatic rings. The van der Waals surface area contributed by atoms with Crippen molar-refractivity contribution in [3.05, 3.63) is 111 Å². The highest BCUT2D eigenvalue weighted by Gasteiger charge is 2.30. The van der Waals surface area contributed by atoms with E-state index in [9.17, 15) is 14.4 Å². The maximum Gasteiger partial charge on any atom is 0.307 e. The van der Waals surface area contributed by atoms with Crippen LogP contribution in [0.25, 0.3) is 11.3 Å². The number of hydrogen-bond acceptors (Lipinski definition) is 6. The Labute approximate surface area is 248 Å². The van der Waals surface area contributed by atoms with E-state index in [-0.39, 0.29) is 30.5 Å². The van der Waals surface area contributed by atoms with E-state index in [1.54, 1.807) is 60.1 Å². The lowest BCUT2D eigenvalue weighted by Gasteiger charge is -2.12. The molecule has 9 heteroatoms. The van der Waals surface area contributed by atoms with Gasteiger partial charge in [-0.3, -0.25) is 19.1 Å². The van der Waals surface area contributed by atoms with E-state index in [0.717, 1.165) is 5.56 Å². The zero-order chi connectivity index (χ0) is 29.1. The summed E-state index contributed by atoms with van der Waals surface area (Å²) in [5.74, 6) is -1.02. The fourth-order valence-corrected chi connectivity index (χ4v) is 5.71. The predicted octanol–water partition coefficient (Wildman–Crippen LogP) is 5.97. The Hall–Kier alpha value is -3.78. The Morgan fingerprint density at radius 1 is 0.976 bits per heavy atom. The summed E-state index contributed by atoms with van der Waals surface area (Å²) in [5.41, 5.74) is 11.3. The van der Waals surface area contributed by atoms with Gasteiger partial charge in [0.2, 0.25) is 0 Å². The van der Waals surface area contributed by atoms with Crippen molar-refractivity contribution in [3.8, 4) is 11.3 Å². The summed E-state index contributed by atoms with van der Waals surface area (Å²) < 4.78 is 6.59. The zero-order valence-electron chi connectivity index (χ0n) is 22.5. The zero-order valence-corrected chi connectivity index (χ0v) is 24.0. The Bertz CT molecular complexity index is 1570. The van der Waals surface area contributed by atoms with Crippen molar-refractivity contribution in [1.82, 2.24) is 9.78 Å². The van der Waals surface area contributed by atoms with Crippen LogP contribution in [-0.4, -0.2) is 40.0 Å².